The lowest BCUT2D eigenvalue weighted by Crippen LogP contribution is -2.53. The number of aromatic nitrogens is 1. The van der Waals surface area contributed by atoms with Crippen molar-refractivity contribution in [2.24, 2.45) is 0 Å². The van der Waals surface area contributed by atoms with Gasteiger partial charge in [-0.2, -0.15) is 13.2 Å². The first kappa shape index (κ1) is 27.7. The molecule has 1 aromatic heterocycles. The van der Waals surface area contributed by atoms with Crippen LogP contribution in [-0.4, -0.2) is 45.3 Å². The molecule has 0 aliphatic carbocycles. The number of fused-ring (bicyclic) bond motifs is 2. The second-order valence-electron chi connectivity index (χ2n) is 9.36. The van der Waals surface area contributed by atoms with Gasteiger partial charge in [-0.3, -0.25) is 35.1 Å². The molecule has 1 aliphatic rings. The number of nitrogens with one attached hydrogen (secondary N) is 3. The number of hydrogen-bond acceptors (Lipinski definition) is 5. The van der Waals surface area contributed by atoms with E-state index in [1.807, 2.05) is 0 Å². The van der Waals surface area contributed by atoms with Crippen LogP contribution in [-0.2, 0) is 12.6 Å². The molecule has 0 radical (unpaired) electrons. The zero-order valence-electron chi connectivity index (χ0n) is 21.2. The van der Waals surface area contributed by atoms with Crippen LogP contribution in [0.3, 0.4) is 0 Å². The number of halogens is 3. The van der Waals surface area contributed by atoms with E-state index < -0.39 is 35.5 Å². The van der Waals surface area contributed by atoms with E-state index >= 15 is 0 Å². The maximum absolute atomic E-state index is 13.3. The summed E-state index contributed by atoms with van der Waals surface area (Å²) in [6.45, 7) is -0.183. The molecule has 1 atom stereocenters. The van der Waals surface area contributed by atoms with E-state index in [9.17, 15) is 27.6 Å². The number of thiocarbonyl (C=S) groups is 1. The van der Waals surface area contributed by atoms with Gasteiger partial charge >= 0.3 is 6.18 Å². The SMILES string of the molecule is O=C(NNC(=S)N[C@@H](Cc1cccc(C(F)(F)F)c1)CN1C(=O)c2ccccc2C1=O)c1ccc2cnccc2c1. The molecule has 0 bridgehead atoms. The number of pyridine rings is 1. The van der Waals surface area contributed by atoms with Gasteiger partial charge in [-0.15, -0.1) is 0 Å². The number of alkyl halides is 3. The summed E-state index contributed by atoms with van der Waals surface area (Å²) in [5.41, 5.74) is 5.40. The van der Waals surface area contributed by atoms with Crippen LogP contribution in [0.15, 0.2) is 85.2 Å². The van der Waals surface area contributed by atoms with E-state index in [4.69, 9.17) is 12.2 Å². The number of hydrazine groups is 1. The summed E-state index contributed by atoms with van der Waals surface area (Å²) in [6, 6.07) is 17.2. The summed E-state index contributed by atoms with van der Waals surface area (Å²) in [6.07, 6.45) is -1.26. The van der Waals surface area contributed by atoms with Crippen molar-refractivity contribution >= 4 is 45.8 Å². The van der Waals surface area contributed by atoms with Gasteiger partial charge in [0.05, 0.1) is 22.7 Å². The van der Waals surface area contributed by atoms with Crippen LogP contribution in [0.1, 0.15) is 42.2 Å². The quantitative estimate of drug-likeness (QED) is 0.179. The van der Waals surface area contributed by atoms with Gasteiger partial charge in [0.2, 0.25) is 0 Å². The second-order valence-corrected chi connectivity index (χ2v) is 9.76. The Bertz CT molecular complexity index is 1640. The van der Waals surface area contributed by atoms with Gasteiger partial charge in [0.1, 0.15) is 0 Å². The van der Waals surface area contributed by atoms with E-state index in [0.29, 0.717) is 11.1 Å². The molecule has 8 nitrogen and oxygen atoms in total. The molecule has 0 saturated heterocycles. The van der Waals surface area contributed by atoms with Crippen LogP contribution >= 0.6 is 12.2 Å². The van der Waals surface area contributed by atoms with E-state index in [-0.39, 0.29) is 29.2 Å². The number of nitrogens with zero attached hydrogens (tertiary/aromatic N) is 2. The molecule has 0 fully saturated rings. The van der Waals surface area contributed by atoms with Crippen LogP contribution in [0.2, 0.25) is 0 Å². The molecule has 0 unspecified atom stereocenters. The molecule has 41 heavy (non-hydrogen) atoms. The first-order chi connectivity index (χ1) is 19.6. The molecular formula is C29H22F3N5O3S. The average Bonchev–Trinajstić information content (AvgIpc) is 3.20. The highest BCUT2D eigenvalue weighted by molar-refractivity contribution is 7.80. The fourth-order valence-electron chi connectivity index (χ4n) is 4.58. The number of imide groups is 1. The minimum Gasteiger partial charge on any atom is -0.356 e. The monoisotopic (exact) mass is 577 g/mol. The van der Waals surface area contributed by atoms with E-state index in [1.54, 1.807) is 48.8 Å². The number of benzene rings is 3. The first-order valence-electron chi connectivity index (χ1n) is 12.4. The molecule has 3 amide bonds. The largest absolute Gasteiger partial charge is 0.416 e. The Morgan fingerprint density at radius 1 is 0.902 bits per heavy atom. The number of rotatable bonds is 6. The Kier molecular flexibility index (Phi) is 7.66. The van der Waals surface area contributed by atoms with Gasteiger partial charge in [-0.05, 0) is 66.0 Å². The number of carbonyl (C=O) groups excluding carboxylic acids is 3. The summed E-state index contributed by atoms with van der Waals surface area (Å²) >= 11 is 5.33. The molecule has 0 saturated carbocycles. The summed E-state index contributed by atoms with van der Waals surface area (Å²) in [5.74, 6) is -1.51. The highest BCUT2D eigenvalue weighted by atomic mass is 32.1. The van der Waals surface area contributed by atoms with Gasteiger partial charge in [0, 0.05) is 29.9 Å². The van der Waals surface area contributed by atoms with Crippen LogP contribution in [0.5, 0.6) is 0 Å². The summed E-state index contributed by atoms with van der Waals surface area (Å²) in [7, 11) is 0. The Morgan fingerprint density at radius 2 is 1.63 bits per heavy atom. The van der Waals surface area contributed by atoms with Gasteiger partial charge in [-0.1, -0.05) is 36.4 Å². The molecule has 12 heteroatoms. The Labute approximate surface area is 237 Å². The smallest absolute Gasteiger partial charge is 0.356 e. The fourth-order valence-corrected chi connectivity index (χ4v) is 4.80. The Morgan fingerprint density at radius 3 is 2.34 bits per heavy atom. The maximum Gasteiger partial charge on any atom is 0.416 e. The number of carbonyl (C=O) groups is 3. The van der Waals surface area contributed by atoms with Gasteiger partial charge in [0.15, 0.2) is 5.11 Å². The lowest BCUT2D eigenvalue weighted by atomic mass is 10.0. The Hall–Kier alpha value is -4.84. The van der Waals surface area contributed by atoms with E-state index in [2.05, 4.69) is 21.2 Å². The molecule has 4 aromatic rings. The zero-order valence-corrected chi connectivity index (χ0v) is 22.1. The molecule has 208 valence electrons. The molecule has 5 rings (SSSR count). The normalized spacial score (nSPS) is 13.6. The van der Waals surface area contributed by atoms with Crippen LogP contribution in [0.25, 0.3) is 10.8 Å². The third-order valence-electron chi connectivity index (χ3n) is 6.55. The minimum absolute atomic E-state index is 0.00813. The van der Waals surface area contributed by atoms with Crippen molar-refractivity contribution in [1.29, 1.82) is 0 Å². The average molecular weight is 578 g/mol. The lowest BCUT2D eigenvalue weighted by molar-refractivity contribution is -0.137. The van der Waals surface area contributed by atoms with Crippen molar-refractivity contribution in [3.05, 3.63) is 113 Å². The molecular weight excluding hydrogens is 555 g/mol. The highest BCUT2D eigenvalue weighted by Crippen LogP contribution is 2.30. The molecule has 3 N–H and O–H groups in total. The molecule has 3 aromatic carbocycles. The van der Waals surface area contributed by atoms with Crippen molar-refractivity contribution in [3.8, 4) is 0 Å². The highest BCUT2D eigenvalue weighted by Gasteiger charge is 2.37. The van der Waals surface area contributed by atoms with Gasteiger partial charge in [0.25, 0.3) is 17.7 Å². The predicted octanol–water partition coefficient (Wildman–Crippen LogP) is 4.27. The van der Waals surface area contributed by atoms with E-state index in [1.165, 1.54) is 24.3 Å². The third kappa shape index (κ3) is 6.17. The summed E-state index contributed by atoms with van der Waals surface area (Å²) in [5, 5.41) is 4.54. The standard InChI is InChI=1S/C29H22F3N5O3S/c30-29(31,32)21-5-3-4-17(12-21)13-22(16-37-26(39)23-6-1-2-7-24(23)27(37)40)34-28(41)36-35-25(38)19-8-9-20-15-33-11-10-18(20)14-19/h1-12,14-15,22H,13,16H2,(H,35,38)(H2,34,36,41)/t22-/m0/s1. The second kappa shape index (κ2) is 11.3. The van der Waals surface area contributed by atoms with Gasteiger partial charge < -0.3 is 5.32 Å². The van der Waals surface area contributed by atoms with Crippen molar-refractivity contribution < 1.29 is 27.6 Å². The van der Waals surface area contributed by atoms with Crippen LogP contribution in [0, 0.1) is 0 Å². The van der Waals surface area contributed by atoms with Crippen molar-refractivity contribution in [2.45, 2.75) is 18.6 Å². The van der Waals surface area contributed by atoms with Crippen molar-refractivity contribution in [1.82, 2.24) is 26.1 Å². The van der Waals surface area contributed by atoms with Crippen molar-refractivity contribution in [3.63, 3.8) is 0 Å². The van der Waals surface area contributed by atoms with Crippen LogP contribution < -0.4 is 16.2 Å². The van der Waals surface area contributed by atoms with E-state index in [0.717, 1.165) is 27.8 Å². The maximum atomic E-state index is 13.3. The molecule has 1 aliphatic heterocycles. The lowest BCUT2D eigenvalue weighted by Gasteiger charge is -2.25. The Balaban J connectivity index is 1.30. The zero-order chi connectivity index (χ0) is 29.1. The summed E-state index contributed by atoms with van der Waals surface area (Å²) in [4.78, 5) is 43.7. The minimum atomic E-state index is -4.54. The first-order valence-corrected chi connectivity index (χ1v) is 12.8. The third-order valence-corrected chi connectivity index (χ3v) is 6.77. The molecule has 2 heterocycles. The van der Waals surface area contributed by atoms with Crippen molar-refractivity contribution in [2.75, 3.05) is 6.54 Å². The van der Waals surface area contributed by atoms with Crippen LogP contribution in [0.4, 0.5) is 13.2 Å². The fraction of sp³-hybridized carbons (Fsp3) is 0.138. The topological polar surface area (TPSA) is 103 Å². The predicted molar refractivity (Wildman–Crippen MR) is 149 cm³/mol. The van der Waals surface area contributed by atoms with Gasteiger partial charge in [-0.25, -0.2) is 0 Å². The number of amides is 3. The molecule has 0 spiro atoms. The number of hydrogen-bond donors (Lipinski definition) is 3. The summed E-state index contributed by atoms with van der Waals surface area (Å²) < 4.78 is 39.9.